The van der Waals surface area contributed by atoms with Crippen LogP contribution in [-0.4, -0.2) is 38.4 Å². The maximum atomic E-state index is 12.1. The molecule has 4 nitrogen and oxygen atoms in total. The minimum Gasteiger partial charge on any atom is -0.497 e. The van der Waals surface area contributed by atoms with Crippen molar-refractivity contribution in [2.75, 3.05) is 20.8 Å². The van der Waals surface area contributed by atoms with E-state index in [0.29, 0.717) is 18.0 Å². The molecular formula is C12H17F2NO3. The number of methoxy groups -OCH3 is 2. The minimum atomic E-state index is -2.74. The number of ether oxygens (including phenoxy) is 2. The number of hydrogen-bond donors (Lipinski definition) is 2. The zero-order valence-corrected chi connectivity index (χ0v) is 10.3. The van der Waals surface area contributed by atoms with Gasteiger partial charge < -0.3 is 19.9 Å². The summed E-state index contributed by atoms with van der Waals surface area (Å²) in [5.41, 5.74) is 0.805. The van der Waals surface area contributed by atoms with Gasteiger partial charge in [-0.15, -0.1) is 0 Å². The Morgan fingerprint density at radius 1 is 1.28 bits per heavy atom. The topological polar surface area (TPSA) is 50.7 Å². The molecule has 1 rings (SSSR count). The van der Waals surface area contributed by atoms with Crippen LogP contribution in [-0.2, 0) is 6.54 Å². The summed E-state index contributed by atoms with van der Waals surface area (Å²) in [6.45, 7) is 0.157. The number of rotatable bonds is 7. The predicted molar refractivity (Wildman–Crippen MR) is 63.3 cm³/mol. The minimum absolute atomic E-state index is 0.174. The molecule has 0 amide bonds. The summed E-state index contributed by atoms with van der Waals surface area (Å²) in [4.78, 5) is 0. The summed E-state index contributed by atoms with van der Waals surface area (Å²) >= 11 is 0. The summed E-state index contributed by atoms with van der Waals surface area (Å²) in [5, 5.41) is 11.7. The Morgan fingerprint density at radius 3 is 2.56 bits per heavy atom. The van der Waals surface area contributed by atoms with Crippen LogP contribution in [0.2, 0.25) is 0 Å². The maximum Gasteiger partial charge on any atom is 0.265 e. The fourth-order valence-electron chi connectivity index (χ4n) is 1.44. The Hall–Kier alpha value is -1.40. The lowest BCUT2D eigenvalue weighted by molar-refractivity contribution is -0.00342. The SMILES string of the molecule is COc1ccc(CNCC(O)C(F)F)c(OC)c1. The third kappa shape index (κ3) is 4.12. The standard InChI is InChI=1S/C12H17F2NO3/c1-17-9-4-3-8(11(5-9)18-2)6-15-7-10(16)12(13)14/h3-5,10,12,15-16H,6-7H2,1-2H3. The smallest absolute Gasteiger partial charge is 0.265 e. The van der Waals surface area contributed by atoms with Crippen LogP contribution in [0, 0.1) is 0 Å². The first-order chi connectivity index (χ1) is 8.58. The van der Waals surface area contributed by atoms with Crippen molar-refractivity contribution in [3.8, 4) is 11.5 Å². The van der Waals surface area contributed by atoms with Crippen molar-refractivity contribution in [1.82, 2.24) is 5.32 Å². The molecule has 0 fully saturated rings. The Kier molecular flexibility index (Phi) is 5.80. The first-order valence-corrected chi connectivity index (χ1v) is 5.46. The van der Waals surface area contributed by atoms with Crippen LogP contribution in [0.1, 0.15) is 5.56 Å². The first-order valence-electron chi connectivity index (χ1n) is 5.46. The highest BCUT2D eigenvalue weighted by molar-refractivity contribution is 5.40. The van der Waals surface area contributed by atoms with Gasteiger partial charge in [0.15, 0.2) is 0 Å². The van der Waals surface area contributed by atoms with E-state index >= 15 is 0 Å². The van der Waals surface area contributed by atoms with Crippen molar-refractivity contribution >= 4 is 0 Å². The molecule has 0 saturated heterocycles. The molecule has 0 bridgehead atoms. The molecule has 1 aromatic rings. The summed E-state index contributed by atoms with van der Waals surface area (Å²) < 4.78 is 34.3. The van der Waals surface area contributed by atoms with Gasteiger partial charge in [0.05, 0.1) is 14.2 Å². The number of alkyl halides is 2. The van der Waals surface area contributed by atoms with Crippen molar-refractivity contribution in [2.45, 2.75) is 19.1 Å². The largest absolute Gasteiger partial charge is 0.497 e. The number of aliphatic hydroxyl groups is 1. The van der Waals surface area contributed by atoms with E-state index in [-0.39, 0.29) is 6.54 Å². The van der Waals surface area contributed by atoms with Crippen LogP contribution in [0.3, 0.4) is 0 Å². The molecule has 0 radical (unpaired) electrons. The monoisotopic (exact) mass is 261 g/mol. The van der Waals surface area contributed by atoms with Gasteiger partial charge in [-0.25, -0.2) is 8.78 Å². The van der Waals surface area contributed by atoms with Gasteiger partial charge >= 0.3 is 0 Å². The third-order valence-electron chi connectivity index (χ3n) is 2.45. The van der Waals surface area contributed by atoms with E-state index in [4.69, 9.17) is 14.6 Å². The van der Waals surface area contributed by atoms with E-state index in [9.17, 15) is 8.78 Å². The first kappa shape index (κ1) is 14.7. The van der Waals surface area contributed by atoms with E-state index in [1.807, 2.05) is 0 Å². The van der Waals surface area contributed by atoms with E-state index in [0.717, 1.165) is 5.56 Å². The van der Waals surface area contributed by atoms with Crippen molar-refractivity contribution in [2.24, 2.45) is 0 Å². The highest BCUT2D eigenvalue weighted by atomic mass is 19.3. The highest BCUT2D eigenvalue weighted by Crippen LogP contribution is 2.24. The molecule has 1 atom stereocenters. The molecular weight excluding hydrogens is 244 g/mol. The normalized spacial score (nSPS) is 12.6. The summed E-state index contributed by atoms with van der Waals surface area (Å²) in [6.07, 6.45) is -4.40. The molecule has 1 aromatic carbocycles. The zero-order chi connectivity index (χ0) is 13.5. The van der Waals surface area contributed by atoms with Gasteiger partial charge in [0.1, 0.15) is 17.6 Å². The van der Waals surface area contributed by atoms with Crippen molar-refractivity contribution in [3.05, 3.63) is 23.8 Å². The second-order valence-electron chi connectivity index (χ2n) is 3.71. The molecule has 0 aliphatic heterocycles. The van der Waals surface area contributed by atoms with Crippen LogP contribution in [0.4, 0.5) is 8.78 Å². The Bertz CT molecular complexity index is 374. The van der Waals surface area contributed by atoms with Crippen LogP contribution < -0.4 is 14.8 Å². The predicted octanol–water partition coefficient (Wildman–Crippen LogP) is 1.42. The molecule has 0 aromatic heterocycles. The van der Waals surface area contributed by atoms with Gasteiger partial charge in [-0.3, -0.25) is 0 Å². The molecule has 0 aliphatic carbocycles. The van der Waals surface area contributed by atoms with Gasteiger partial charge in [0.25, 0.3) is 6.43 Å². The highest BCUT2D eigenvalue weighted by Gasteiger charge is 2.16. The van der Waals surface area contributed by atoms with Gasteiger partial charge in [0, 0.05) is 24.7 Å². The van der Waals surface area contributed by atoms with Crippen molar-refractivity contribution in [1.29, 1.82) is 0 Å². The quantitative estimate of drug-likeness (QED) is 0.779. The average molecular weight is 261 g/mol. The molecule has 0 heterocycles. The van der Waals surface area contributed by atoms with Gasteiger partial charge in [-0.2, -0.15) is 0 Å². The Morgan fingerprint density at radius 2 is 2.00 bits per heavy atom. The van der Waals surface area contributed by atoms with Gasteiger partial charge in [-0.1, -0.05) is 6.07 Å². The number of hydrogen-bond acceptors (Lipinski definition) is 4. The molecule has 0 spiro atoms. The second-order valence-corrected chi connectivity index (χ2v) is 3.71. The van der Waals surface area contributed by atoms with Crippen molar-refractivity contribution < 1.29 is 23.4 Å². The van der Waals surface area contributed by atoms with Crippen molar-refractivity contribution in [3.63, 3.8) is 0 Å². The van der Waals surface area contributed by atoms with Crippen LogP contribution in [0.15, 0.2) is 18.2 Å². The number of aliphatic hydroxyl groups excluding tert-OH is 1. The zero-order valence-electron chi connectivity index (χ0n) is 10.3. The van der Waals surface area contributed by atoms with Gasteiger partial charge in [-0.05, 0) is 6.07 Å². The van der Waals surface area contributed by atoms with E-state index in [1.54, 1.807) is 25.3 Å². The molecule has 2 N–H and O–H groups in total. The lowest BCUT2D eigenvalue weighted by atomic mass is 10.2. The molecule has 18 heavy (non-hydrogen) atoms. The molecule has 102 valence electrons. The molecule has 0 saturated carbocycles. The van der Waals surface area contributed by atoms with Crippen LogP contribution in [0.5, 0.6) is 11.5 Å². The lowest BCUT2D eigenvalue weighted by Crippen LogP contribution is -2.31. The number of benzene rings is 1. The fourth-order valence-corrected chi connectivity index (χ4v) is 1.44. The van der Waals surface area contributed by atoms with Gasteiger partial charge in [0.2, 0.25) is 0 Å². The summed E-state index contributed by atoms with van der Waals surface area (Å²) in [5.74, 6) is 1.26. The van der Waals surface area contributed by atoms with E-state index in [2.05, 4.69) is 5.32 Å². The molecule has 0 aliphatic rings. The number of halogens is 2. The molecule has 1 unspecified atom stereocenters. The van der Waals surface area contributed by atoms with Crippen LogP contribution >= 0.6 is 0 Å². The fraction of sp³-hybridized carbons (Fsp3) is 0.500. The third-order valence-corrected chi connectivity index (χ3v) is 2.45. The Labute approximate surface area is 105 Å². The molecule has 6 heteroatoms. The summed E-state index contributed by atoms with van der Waals surface area (Å²) in [6, 6.07) is 5.24. The van der Waals surface area contributed by atoms with E-state index in [1.165, 1.54) is 7.11 Å². The van der Waals surface area contributed by atoms with E-state index < -0.39 is 12.5 Å². The summed E-state index contributed by atoms with van der Waals surface area (Å²) in [7, 11) is 3.07. The average Bonchev–Trinajstić information content (AvgIpc) is 2.38. The lowest BCUT2D eigenvalue weighted by Gasteiger charge is -2.13. The van der Waals surface area contributed by atoms with Crippen LogP contribution in [0.25, 0.3) is 0 Å². The number of nitrogens with one attached hydrogen (secondary N) is 1. The second kappa shape index (κ2) is 7.13. The Balaban J connectivity index is 2.56. The maximum absolute atomic E-state index is 12.1.